The fourth-order valence-electron chi connectivity index (χ4n) is 4.48. The summed E-state index contributed by atoms with van der Waals surface area (Å²) in [7, 11) is 0. The van der Waals surface area contributed by atoms with Gasteiger partial charge in [-0.1, -0.05) is 64.3 Å². The molecule has 1 saturated carbocycles. The summed E-state index contributed by atoms with van der Waals surface area (Å²) in [6.45, 7) is 11.3. The smallest absolute Gasteiger partial charge is 0.305 e. The molecule has 0 aromatic rings. The number of nitrogens with zero attached hydrogens (tertiary/aromatic N) is 1. The Labute approximate surface area is 201 Å². The Morgan fingerprint density at radius 2 is 1.82 bits per heavy atom. The van der Waals surface area contributed by atoms with Crippen LogP contribution in [0.1, 0.15) is 85.5 Å². The molecular formula is C27H49NO5. The van der Waals surface area contributed by atoms with Crippen LogP contribution in [0, 0.1) is 11.8 Å². The van der Waals surface area contributed by atoms with Crippen LogP contribution in [0.5, 0.6) is 0 Å². The van der Waals surface area contributed by atoms with Crippen molar-refractivity contribution in [1.82, 2.24) is 4.90 Å². The van der Waals surface area contributed by atoms with E-state index in [1.807, 2.05) is 18.2 Å². The van der Waals surface area contributed by atoms with Crippen LogP contribution < -0.4 is 0 Å². The number of esters is 1. The number of carbonyl (C=O) groups is 1. The molecule has 0 aromatic heterocycles. The molecule has 0 aromatic carbocycles. The van der Waals surface area contributed by atoms with Crippen molar-refractivity contribution in [2.75, 3.05) is 26.2 Å². The zero-order chi connectivity index (χ0) is 24.7. The maximum Gasteiger partial charge on any atom is 0.305 e. The third-order valence-electron chi connectivity index (χ3n) is 6.77. The first-order valence-electron chi connectivity index (χ1n) is 13.0. The van der Waals surface area contributed by atoms with Gasteiger partial charge in [0.2, 0.25) is 0 Å². The number of ether oxygens (including phenoxy) is 1. The maximum atomic E-state index is 11.8. The highest BCUT2D eigenvalue weighted by atomic mass is 16.5. The summed E-state index contributed by atoms with van der Waals surface area (Å²) in [4.78, 5) is 14.1. The molecule has 6 nitrogen and oxygen atoms in total. The predicted molar refractivity (Wildman–Crippen MR) is 134 cm³/mol. The van der Waals surface area contributed by atoms with Crippen LogP contribution in [0.25, 0.3) is 0 Å². The van der Waals surface area contributed by atoms with Gasteiger partial charge in [0.15, 0.2) is 0 Å². The third kappa shape index (κ3) is 12.2. The highest BCUT2D eigenvalue weighted by Crippen LogP contribution is 2.37. The van der Waals surface area contributed by atoms with E-state index in [0.29, 0.717) is 32.3 Å². The number of allylic oxidation sites excluding steroid dienone is 2. The van der Waals surface area contributed by atoms with E-state index in [0.717, 1.165) is 51.7 Å². The van der Waals surface area contributed by atoms with Crippen LogP contribution in [-0.4, -0.2) is 70.2 Å². The van der Waals surface area contributed by atoms with E-state index in [9.17, 15) is 20.1 Å². The molecule has 1 aliphatic carbocycles. The Balaban J connectivity index is 2.38. The minimum absolute atomic E-state index is 0.0658. The average Bonchev–Trinajstić information content (AvgIpc) is 3.04. The molecule has 1 rings (SSSR count). The predicted octanol–water partition coefficient (Wildman–Crippen LogP) is 4.23. The highest BCUT2D eigenvalue weighted by molar-refractivity contribution is 5.69. The summed E-state index contributed by atoms with van der Waals surface area (Å²) < 4.78 is 5.30. The fraction of sp³-hybridized carbons (Fsp3) is 0.815. The van der Waals surface area contributed by atoms with Crippen molar-refractivity contribution in [3.63, 3.8) is 0 Å². The van der Waals surface area contributed by atoms with E-state index in [1.165, 1.54) is 0 Å². The fourth-order valence-corrected chi connectivity index (χ4v) is 4.48. The Hall–Kier alpha value is -1.21. The molecule has 0 radical (unpaired) electrons. The van der Waals surface area contributed by atoms with Gasteiger partial charge >= 0.3 is 5.97 Å². The molecule has 0 heterocycles. The van der Waals surface area contributed by atoms with Crippen LogP contribution in [0.4, 0.5) is 0 Å². The molecule has 1 aliphatic rings. The second-order valence-electron chi connectivity index (χ2n) is 9.63. The lowest BCUT2D eigenvalue weighted by atomic mass is 9.88. The van der Waals surface area contributed by atoms with E-state index in [-0.39, 0.29) is 17.8 Å². The Kier molecular flexibility index (Phi) is 14.8. The summed E-state index contributed by atoms with van der Waals surface area (Å²) in [6.07, 6.45) is 13.5. The van der Waals surface area contributed by atoms with E-state index in [2.05, 4.69) is 25.7 Å². The largest absolute Gasteiger partial charge is 0.464 e. The van der Waals surface area contributed by atoms with Crippen molar-refractivity contribution in [2.24, 2.45) is 11.8 Å². The molecule has 0 amide bonds. The lowest BCUT2D eigenvalue weighted by Crippen LogP contribution is -2.27. The summed E-state index contributed by atoms with van der Waals surface area (Å²) in [5.74, 6) is -0.381. The van der Waals surface area contributed by atoms with Gasteiger partial charge in [0, 0.05) is 25.3 Å². The summed E-state index contributed by atoms with van der Waals surface area (Å²) in [5.41, 5.74) is -0.886. The van der Waals surface area contributed by atoms with Crippen LogP contribution in [0.2, 0.25) is 0 Å². The van der Waals surface area contributed by atoms with Crippen molar-refractivity contribution in [1.29, 1.82) is 0 Å². The van der Waals surface area contributed by atoms with Gasteiger partial charge in [0.05, 0.1) is 17.8 Å². The lowest BCUT2D eigenvalue weighted by Gasteiger charge is -2.23. The number of hydrogen-bond donors (Lipinski definition) is 3. The number of hydrogen-bond acceptors (Lipinski definition) is 6. The number of rotatable bonds is 17. The van der Waals surface area contributed by atoms with Crippen LogP contribution in [-0.2, 0) is 9.53 Å². The topological polar surface area (TPSA) is 90.2 Å². The van der Waals surface area contributed by atoms with E-state index in [1.54, 1.807) is 13.0 Å². The Morgan fingerprint density at radius 3 is 2.48 bits per heavy atom. The van der Waals surface area contributed by atoms with Gasteiger partial charge in [-0.2, -0.15) is 0 Å². The number of carbonyl (C=O) groups excluding carboxylic acids is 1. The van der Waals surface area contributed by atoms with Gasteiger partial charge in [-0.25, -0.2) is 0 Å². The van der Waals surface area contributed by atoms with Gasteiger partial charge in [-0.05, 0) is 51.6 Å². The Morgan fingerprint density at radius 1 is 1.09 bits per heavy atom. The minimum Gasteiger partial charge on any atom is -0.464 e. The van der Waals surface area contributed by atoms with E-state index < -0.39 is 17.8 Å². The monoisotopic (exact) mass is 467 g/mol. The number of unbranched alkanes of at least 4 members (excludes halogenated alkanes) is 3. The molecule has 33 heavy (non-hydrogen) atoms. The quantitative estimate of drug-likeness (QED) is 0.168. The van der Waals surface area contributed by atoms with Gasteiger partial charge in [-0.3, -0.25) is 4.79 Å². The van der Waals surface area contributed by atoms with Gasteiger partial charge in [0.25, 0.3) is 0 Å². The molecule has 3 N–H and O–H groups in total. The second kappa shape index (κ2) is 16.4. The summed E-state index contributed by atoms with van der Waals surface area (Å²) in [5, 5.41) is 31.4. The number of likely N-dealkylation sites (N-methyl/N-ethyl adjacent to an activating group) is 1. The number of aliphatic hydroxyl groups is 3. The Bertz CT molecular complexity index is 585. The summed E-state index contributed by atoms with van der Waals surface area (Å²) >= 11 is 0. The van der Waals surface area contributed by atoms with Crippen LogP contribution >= 0.6 is 0 Å². The molecule has 3 unspecified atom stereocenters. The molecule has 1 fully saturated rings. The second-order valence-corrected chi connectivity index (χ2v) is 9.63. The first-order chi connectivity index (χ1) is 15.7. The maximum absolute atomic E-state index is 11.8. The molecule has 0 bridgehead atoms. The molecule has 0 aliphatic heterocycles. The molecule has 0 spiro atoms. The zero-order valence-electron chi connectivity index (χ0n) is 21.4. The van der Waals surface area contributed by atoms with Crippen LogP contribution in [0.15, 0.2) is 24.3 Å². The first kappa shape index (κ1) is 29.8. The SMILES string of the molecule is CCCCCC(C)(O)C=C[C@H]1C(O)CC(O)[C@@H]1CC=CCCCC(=O)OCCN(CC)CC. The van der Waals surface area contributed by atoms with E-state index >= 15 is 0 Å². The molecular weight excluding hydrogens is 418 g/mol. The van der Waals surface area contributed by atoms with Crippen LogP contribution in [0.3, 0.4) is 0 Å². The van der Waals surface area contributed by atoms with Crippen molar-refractivity contribution in [3.05, 3.63) is 24.3 Å². The van der Waals surface area contributed by atoms with Crippen molar-refractivity contribution in [3.8, 4) is 0 Å². The summed E-state index contributed by atoms with van der Waals surface area (Å²) in [6, 6.07) is 0. The zero-order valence-corrected chi connectivity index (χ0v) is 21.4. The van der Waals surface area contributed by atoms with Gasteiger partial charge in [-0.15, -0.1) is 0 Å². The molecule has 5 atom stereocenters. The van der Waals surface area contributed by atoms with E-state index in [4.69, 9.17) is 4.74 Å². The lowest BCUT2D eigenvalue weighted by molar-refractivity contribution is -0.144. The van der Waals surface area contributed by atoms with Crippen molar-refractivity contribution >= 4 is 5.97 Å². The van der Waals surface area contributed by atoms with Gasteiger partial charge in [0.1, 0.15) is 6.61 Å². The first-order valence-corrected chi connectivity index (χ1v) is 13.0. The third-order valence-corrected chi connectivity index (χ3v) is 6.77. The van der Waals surface area contributed by atoms with Crippen molar-refractivity contribution < 1.29 is 24.9 Å². The van der Waals surface area contributed by atoms with Gasteiger partial charge < -0.3 is 25.0 Å². The standard InChI is InChI=1S/C27H49NO5/c1-5-8-13-17-27(4,32)18-16-23-22(24(29)21-25(23)30)14-11-9-10-12-15-26(31)33-20-19-28(6-2)7-3/h9,11,16,18,22-25,29-30,32H,5-8,10,12-15,17,19-21H2,1-4H3/t22-,23-,24?,25?,27?/m1/s1. The molecule has 192 valence electrons. The highest BCUT2D eigenvalue weighted by Gasteiger charge is 2.39. The normalized spacial score (nSPS) is 25.3. The van der Waals surface area contributed by atoms with Crippen molar-refractivity contribution in [2.45, 2.75) is 103 Å². The minimum atomic E-state index is -0.886. The molecule has 6 heteroatoms. The number of aliphatic hydroxyl groups excluding tert-OH is 2. The average molecular weight is 468 g/mol. The molecule has 0 saturated heterocycles.